The Bertz CT molecular complexity index is 273. The molecular weight excluding hydrogens is 228 g/mol. The molecule has 2 fully saturated rings. The molecule has 2 aliphatic carbocycles. The summed E-state index contributed by atoms with van der Waals surface area (Å²) in [5, 5.41) is 3.39. The molecule has 0 aliphatic heterocycles. The number of hydrogen-bond acceptors (Lipinski definition) is 4. The van der Waals surface area contributed by atoms with Gasteiger partial charge in [-0.25, -0.2) is 0 Å². The number of methoxy groups -OCH3 is 1. The van der Waals surface area contributed by atoms with E-state index in [4.69, 9.17) is 4.74 Å². The van der Waals surface area contributed by atoms with Crippen LogP contribution in [-0.2, 0) is 9.53 Å². The second kappa shape index (κ2) is 6.53. The molecule has 0 aromatic heterocycles. The number of esters is 1. The van der Waals surface area contributed by atoms with E-state index in [0.29, 0.717) is 6.04 Å². The lowest BCUT2D eigenvalue weighted by Gasteiger charge is -2.26. The van der Waals surface area contributed by atoms with Crippen molar-refractivity contribution in [3.63, 3.8) is 0 Å². The normalized spacial score (nSPS) is 22.4. The lowest BCUT2D eigenvalue weighted by Crippen LogP contribution is -2.42. The van der Waals surface area contributed by atoms with Crippen LogP contribution >= 0.6 is 0 Å². The van der Waals surface area contributed by atoms with Crippen molar-refractivity contribution in [1.82, 2.24) is 10.2 Å². The molecule has 0 heterocycles. The third-order valence-corrected chi connectivity index (χ3v) is 4.22. The van der Waals surface area contributed by atoms with Crippen molar-refractivity contribution in [3.05, 3.63) is 0 Å². The highest BCUT2D eigenvalue weighted by Crippen LogP contribution is 2.23. The Balaban J connectivity index is 1.74. The van der Waals surface area contributed by atoms with E-state index in [1.54, 1.807) is 0 Å². The highest BCUT2D eigenvalue weighted by atomic mass is 16.5. The largest absolute Gasteiger partial charge is 0.468 e. The Hall–Kier alpha value is -0.610. The number of ether oxygens (including phenoxy) is 1. The maximum absolute atomic E-state index is 11.7. The zero-order valence-corrected chi connectivity index (χ0v) is 11.7. The van der Waals surface area contributed by atoms with Gasteiger partial charge < -0.3 is 15.0 Å². The zero-order chi connectivity index (χ0) is 13.0. The Kier molecular flexibility index (Phi) is 5.01. The molecule has 104 valence electrons. The van der Waals surface area contributed by atoms with E-state index < -0.39 is 0 Å². The number of nitrogens with zero attached hydrogens (tertiary/aromatic N) is 1. The molecule has 0 bridgehead atoms. The predicted molar refractivity (Wildman–Crippen MR) is 71.5 cm³/mol. The zero-order valence-electron chi connectivity index (χ0n) is 11.7. The van der Waals surface area contributed by atoms with Crippen LogP contribution in [0, 0.1) is 0 Å². The van der Waals surface area contributed by atoms with Crippen LogP contribution in [0.2, 0.25) is 0 Å². The average molecular weight is 254 g/mol. The van der Waals surface area contributed by atoms with Crippen LogP contribution in [0.1, 0.15) is 44.9 Å². The quantitative estimate of drug-likeness (QED) is 0.700. The summed E-state index contributed by atoms with van der Waals surface area (Å²) in [4.78, 5) is 14.1. The Morgan fingerprint density at radius 1 is 1.33 bits per heavy atom. The Morgan fingerprint density at radius 3 is 2.56 bits per heavy atom. The van der Waals surface area contributed by atoms with Gasteiger partial charge in [-0.2, -0.15) is 0 Å². The minimum atomic E-state index is -0.119. The van der Waals surface area contributed by atoms with Gasteiger partial charge in [0.2, 0.25) is 0 Å². The van der Waals surface area contributed by atoms with E-state index in [1.807, 2.05) is 0 Å². The Morgan fingerprint density at radius 2 is 2.00 bits per heavy atom. The fraction of sp³-hybridized carbons (Fsp3) is 0.929. The first kappa shape index (κ1) is 13.8. The first-order valence-electron chi connectivity index (χ1n) is 7.25. The molecule has 1 N–H and O–H groups in total. The second-order valence-electron chi connectivity index (χ2n) is 5.72. The minimum absolute atomic E-state index is 0.110. The smallest absolute Gasteiger partial charge is 0.322 e. The Labute approximate surface area is 110 Å². The molecular formula is C14H26N2O2. The topological polar surface area (TPSA) is 41.6 Å². The summed E-state index contributed by atoms with van der Waals surface area (Å²) in [5.41, 5.74) is 0. The molecule has 2 saturated carbocycles. The first-order chi connectivity index (χ1) is 8.70. The third kappa shape index (κ3) is 3.95. The molecule has 0 saturated heterocycles. The van der Waals surface area contributed by atoms with Gasteiger partial charge in [0, 0.05) is 18.6 Å². The van der Waals surface area contributed by atoms with Gasteiger partial charge in [0.15, 0.2) is 0 Å². The van der Waals surface area contributed by atoms with Gasteiger partial charge in [0.1, 0.15) is 6.04 Å². The van der Waals surface area contributed by atoms with Gasteiger partial charge in [-0.15, -0.1) is 0 Å². The summed E-state index contributed by atoms with van der Waals surface area (Å²) in [6.07, 6.45) is 8.60. The predicted octanol–water partition coefficient (Wildman–Crippen LogP) is 1.54. The highest BCUT2D eigenvalue weighted by molar-refractivity contribution is 5.75. The monoisotopic (exact) mass is 254 g/mol. The van der Waals surface area contributed by atoms with Crippen LogP contribution in [0.4, 0.5) is 0 Å². The van der Waals surface area contributed by atoms with Gasteiger partial charge >= 0.3 is 5.97 Å². The third-order valence-electron chi connectivity index (χ3n) is 4.22. The van der Waals surface area contributed by atoms with Gasteiger partial charge in [0.05, 0.1) is 7.11 Å². The van der Waals surface area contributed by atoms with E-state index in [1.165, 1.54) is 45.6 Å². The molecule has 1 atom stereocenters. The highest BCUT2D eigenvalue weighted by Gasteiger charge is 2.29. The van der Waals surface area contributed by atoms with E-state index in [-0.39, 0.29) is 12.0 Å². The molecule has 4 nitrogen and oxygen atoms in total. The molecule has 0 aromatic rings. The van der Waals surface area contributed by atoms with Crippen LogP contribution in [0.15, 0.2) is 0 Å². The second-order valence-corrected chi connectivity index (χ2v) is 5.72. The van der Waals surface area contributed by atoms with Gasteiger partial charge in [-0.3, -0.25) is 4.79 Å². The maximum Gasteiger partial charge on any atom is 0.322 e. The van der Waals surface area contributed by atoms with Crippen molar-refractivity contribution in [2.75, 3.05) is 20.7 Å². The summed E-state index contributed by atoms with van der Waals surface area (Å²) in [6, 6.07) is 1.15. The SMILES string of the molecule is COC(=O)C(CCN(C)C1CCCC1)NC1CC1. The molecule has 2 aliphatic rings. The van der Waals surface area contributed by atoms with Crippen LogP contribution in [-0.4, -0.2) is 49.7 Å². The fourth-order valence-corrected chi connectivity index (χ4v) is 2.81. The molecule has 0 aromatic carbocycles. The number of rotatable bonds is 7. The summed E-state index contributed by atoms with van der Waals surface area (Å²) in [7, 11) is 3.66. The number of nitrogens with one attached hydrogen (secondary N) is 1. The first-order valence-corrected chi connectivity index (χ1v) is 7.25. The minimum Gasteiger partial charge on any atom is -0.468 e. The van der Waals surface area contributed by atoms with Crippen LogP contribution in [0.25, 0.3) is 0 Å². The summed E-state index contributed by atoms with van der Waals surface area (Å²) in [5.74, 6) is -0.110. The lowest BCUT2D eigenvalue weighted by molar-refractivity contribution is -0.143. The molecule has 1 unspecified atom stereocenters. The lowest BCUT2D eigenvalue weighted by atomic mass is 10.1. The molecule has 0 amide bonds. The van der Waals surface area contributed by atoms with Gasteiger partial charge in [0.25, 0.3) is 0 Å². The molecule has 18 heavy (non-hydrogen) atoms. The van der Waals surface area contributed by atoms with Crippen LogP contribution in [0.5, 0.6) is 0 Å². The van der Waals surface area contributed by atoms with E-state index in [9.17, 15) is 4.79 Å². The van der Waals surface area contributed by atoms with Crippen molar-refractivity contribution < 1.29 is 9.53 Å². The molecule has 0 radical (unpaired) electrons. The number of carbonyl (C=O) groups excluding carboxylic acids is 1. The van der Waals surface area contributed by atoms with E-state index in [0.717, 1.165) is 19.0 Å². The summed E-state index contributed by atoms with van der Waals surface area (Å²) < 4.78 is 4.88. The van der Waals surface area contributed by atoms with Crippen molar-refractivity contribution in [2.24, 2.45) is 0 Å². The average Bonchev–Trinajstić information content (AvgIpc) is 3.03. The van der Waals surface area contributed by atoms with Crippen molar-refractivity contribution >= 4 is 5.97 Å². The van der Waals surface area contributed by atoms with Crippen molar-refractivity contribution in [2.45, 2.75) is 63.1 Å². The number of carbonyl (C=O) groups is 1. The summed E-state index contributed by atoms with van der Waals surface area (Å²) in [6.45, 7) is 0.976. The fourth-order valence-electron chi connectivity index (χ4n) is 2.81. The molecule has 2 rings (SSSR count). The number of hydrogen-bond donors (Lipinski definition) is 1. The molecule has 0 spiro atoms. The van der Waals surface area contributed by atoms with Crippen LogP contribution < -0.4 is 5.32 Å². The summed E-state index contributed by atoms with van der Waals surface area (Å²) >= 11 is 0. The van der Waals surface area contributed by atoms with Crippen LogP contribution in [0.3, 0.4) is 0 Å². The van der Waals surface area contributed by atoms with Gasteiger partial charge in [-0.05, 0) is 39.2 Å². The van der Waals surface area contributed by atoms with E-state index in [2.05, 4.69) is 17.3 Å². The van der Waals surface area contributed by atoms with Crippen molar-refractivity contribution in [1.29, 1.82) is 0 Å². The van der Waals surface area contributed by atoms with Crippen molar-refractivity contribution in [3.8, 4) is 0 Å². The standard InChI is InChI=1S/C14H26N2O2/c1-16(12-5-3-4-6-12)10-9-13(14(17)18-2)15-11-7-8-11/h11-13,15H,3-10H2,1-2H3. The molecule has 4 heteroatoms. The van der Waals surface area contributed by atoms with E-state index >= 15 is 0 Å². The maximum atomic E-state index is 11.7. The van der Waals surface area contributed by atoms with Gasteiger partial charge in [-0.1, -0.05) is 12.8 Å².